The lowest BCUT2D eigenvalue weighted by atomic mass is 10.0. The average molecular weight is 483 g/mol. The van der Waals surface area contributed by atoms with E-state index in [0.29, 0.717) is 24.3 Å². The van der Waals surface area contributed by atoms with Crippen LogP contribution in [0.1, 0.15) is 38.8 Å². The van der Waals surface area contributed by atoms with E-state index in [-0.39, 0.29) is 24.3 Å². The zero-order valence-corrected chi connectivity index (χ0v) is 20.0. The Bertz CT molecular complexity index is 797. The highest BCUT2D eigenvalue weighted by atomic mass is 32.2. The van der Waals surface area contributed by atoms with E-state index in [4.69, 9.17) is 0 Å². The van der Waals surface area contributed by atoms with E-state index in [1.54, 1.807) is 0 Å². The molecule has 33 heavy (non-hydrogen) atoms. The molecule has 1 aromatic heterocycles. The number of hydrogen-bond acceptors (Lipinski definition) is 7. The number of imidazole rings is 1. The number of amides is 3. The molecule has 1 saturated heterocycles. The number of carbonyl (C=O) groups is 4. The summed E-state index contributed by atoms with van der Waals surface area (Å²) >= 11 is 1.51. The number of carbonyl (C=O) groups excluding carboxylic acids is 3. The molecule has 6 N–H and O–H groups in total. The predicted molar refractivity (Wildman–Crippen MR) is 125 cm³/mol. The lowest BCUT2D eigenvalue weighted by Gasteiger charge is -2.27. The normalized spacial score (nSPS) is 18.4. The molecule has 0 spiro atoms. The van der Waals surface area contributed by atoms with Crippen LogP contribution in [0.2, 0.25) is 0 Å². The van der Waals surface area contributed by atoms with Gasteiger partial charge in [0.15, 0.2) is 0 Å². The van der Waals surface area contributed by atoms with Gasteiger partial charge in [-0.3, -0.25) is 14.4 Å². The molecule has 0 saturated carbocycles. The molecule has 1 aliphatic heterocycles. The highest BCUT2D eigenvalue weighted by Crippen LogP contribution is 2.10. The van der Waals surface area contributed by atoms with Gasteiger partial charge in [-0.25, -0.2) is 9.78 Å². The quantitative estimate of drug-likeness (QED) is 0.222. The van der Waals surface area contributed by atoms with Gasteiger partial charge in [0.2, 0.25) is 17.7 Å². The SMILES string of the molecule is CSCCC(NC(=O)C(NC(=O)C1CCCN1)C(C)C)C(=O)NC(Cc1cnc[nH]1)C(=O)O. The van der Waals surface area contributed by atoms with Gasteiger partial charge in [-0.05, 0) is 43.7 Å². The van der Waals surface area contributed by atoms with Crippen molar-refractivity contribution in [3.63, 3.8) is 0 Å². The summed E-state index contributed by atoms with van der Waals surface area (Å²) in [7, 11) is 0. The van der Waals surface area contributed by atoms with Gasteiger partial charge in [-0.15, -0.1) is 0 Å². The van der Waals surface area contributed by atoms with E-state index in [2.05, 4.69) is 31.2 Å². The topological polar surface area (TPSA) is 165 Å². The molecule has 11 nitrogen and oxygen atoms in total. The summed E-state index contributed by atoms with van der Waals surface area (Å²) in [5.74, 6) is -2.11. The van der Waals surface area contributed by atoms with Crippen molar-refractivity contribution in [2.45, 2.75) is 63.7 Å². The van der Waals surface area contributed by atoms with E-state index in [1.807, 2.05) is 20.1 Å². The second kappa shape index (κ2) is 13.2. The molecule has 1 aliphatic rings. The summed E-state index contributed by atoms with van der Waals surface area (Å²) < 4.78 is 0. The summed E-state index contributed by atoms with van der Waals surface area (Å²) in [5.41, 5.74) is 0.565. The fraction of sp³-hybridized carbons (Fsp3) is 0.667. The van der Waals surface area contributed by atoms with Crippen molar-refractivity contribution >= 4 is 35.5 Å². The van der Waals surface area contributed by atoms with Crippen molar-refractivity contribution in [3.05, 3.63) is 18.2 Å². The number of carboxylic acids is 1. The van der Waals surface area contributed by atoms with Crippen molar-refractivity contribution in [1.29, 1.82) is 0 Å². The summed E-state index contributed by atoms with van der Waals surface area (Å²) in [5, 5.41) is 20.7. The monoisotopic (exact) mass is 482 g/mol. The Morgan fingerprint density at radius 1 is 1.18 bits per heavy atom. The first kappa shape index (κ1) is 26.7. The van der Waals surface area contributed by atoms with Crippen LogP contribution in [-0.4, -0.2) is 81.5 Å². The minimum Gasteiger partial charge on any atom is -0.480 e. The van der Waals surface area contributed by atoms with Crippen molar-refractivity contribution in [2.24, 2.45) is 5.92 Å². The summed E-state index contributed by atoms with van der Waals surface area (Å²) in [4.78, 5) is 56.8. The minimum atomic E-state index is -1.19. The summed E-state index contributed by atoms with van der Waals surface area (Å²) in [6.07, 6.45) is 6.76. The van der Waals surface area contributed by atoms with E-state index in [1.165, 1.54) is 24.3 Å². The number of H-pyrrole nitrogens is 1. The average Bonchev–Trinajstić information content (AvgIpc) is 3.48. The first-order valence-corrected chi connectivity index (χ1v) is 12.5. The molecule has 0 aromatic carbocycles. The maximum atomic E-state index is 13.0. The number of thioether (sulfide) groups is 1. The molecule has 3 amide bonds. The predicted octanol–water partition coefficient (Wildman–Crippen LogP) is -0.348. The molecule has 0 aliphatic carbocycles. The first-order valence-electron chi connectivity index (χ1n) is 11.1. The third-order valence-electron chi connectivity index (χ3n) is 5.46. The van der Waals surface area contributed by atoms with Crippen LogP contribution in [0.5, 0.6) is 0 Å². The highest BCUT2D eigenvalue weighted by Gasteiger charge is 2.32. The van der Waals surface area contributed by atoms with Crippen LogP contribution in [0, 0.1) is 5.92 Å². The Morgan fingerprint density at radius 3 is 2.45 bits per heavy atom. The number of aromatic nitrogens is 2. The van der Waals surface area contributed by atoms with E-state index in [0.717, 1.165) is 13.0 Å². The summed E-state index contributed by atoms with van der Waals surface area (Å²) in [6.45, 7) is 4.39. The number of rotatable bonds is 13. The molecule has 12 heteroatoms. The van der Waals surface area contributed by atoms with Gasteiger partial charge < -0.3 is 31.4 Å². The van der Waals surface area contributed by atoms with E-state index in [9.17, 15) is 24.3 Å². The second-order valence-electron chi connectivity index (χ2n) is 8.40. The van der Waals surface area contributed by atoms with Crippen LogP contribution < -0.4 is 21.3 Å². The van der Waals surface area contributed by atoms with E-state index >= 15 is 0 Å². The largest absolute Gasteiger partial charge is 0.480 e. The molecule has 0 radical (unpaired) electrons. The van der Waals surface area contributed by atoms with E-state index < -0.39 is 35.9 Å². The number of hydrogen-bond donors (Lipinski definition) is 6. The van der Waals surface area contributed by atoms with Gasteiger partial charge >= 0.3 is 5.97 Å². The molecule has 1 aromatic rings. The Hall–Kier alpha value is -2.60. The lowest BCUT2D eigenvalue weighted by Crippen LogP contribution is -2.58. The number of nitrogens with zero attached hydrogens (tertiary/aromatic N) is 1. The Labute approximate surface area is 197 Å². The van der Waals surface area contributed by atoms with Crippen LogP contribution in [0.4, 0.5) is 0 Å². The number of aliphatic carboxylic acids is 1. The number of aromatic amines is 1. The molecular weight excluding hydrogens is 448 g/mol. The van der Waals surface area contributed by atoms with Crippen LogP contribution in [0.25, 0.3) is 0 Å². The van der Waals surface area contributed by atoms with Crippen LogP contribution in [-0.2, 0) is 25.6 Å². The lowest BCUT2D eigenvalue weighted by molar-refractivity contribution is -0.142. The maximum absolute atomic E-state index is 13.0. The molecule has 184 valence electrons. The Morgan fingerprint density at radius 2 is 1.91 bits per heavy atom. The maximum Gasteiger partial charge on any atom is 0.326 e. The zero-order valence-electron chi connectivity index (χ0n) is 19.2. The van der Waals surface area contributed by atoms with Crippen LogP contribution in [0.15, 0.2) is 12.5 Å². The fourth-order valence-corrected chi connectivity index (χ4v) is 4.02. The Balaban J connectivity index is 2.05. The van der Waals surface area contributed by atoms with Gasteiger partial charge in [-0.2, -0.15) is 11.8 Å². The highest BCUT2D eigenvalue weighted by molar-refractivity contribution is 7.98. The van der Waals surface area contributed by atoms with Gasteiger partial charge in [0.25, 0.3) is 0 Å². The fourth-order valence-electron chi connectivity index (χ4n) is 3.55. The van der Waals surface area contributed by atoms with Crippen molar-refractivity contribution < 1.29 is 24.3 Å². The van der Waals surface area contributed by atoms with Crippen LogP contribution in [0.3, 0.4) is 0 Å². The molecule has 4 atom stereocenters. The standard InChI is InChI=1S/C21H34N6O5S/c1-12(2)17(27-18(28)14-5-4-7-23-14)20(30)25-15(6-8-33-3)19(29)26-16(21(31)32)9-13-10-22-11-24-13/h10-12,14-17,23H,4-9H2,1-3H3,(H,22,24)(H,25,30)(H,26,29)(H,27,28)(H,31,32). The molecule has 2 rings (SSSR count). The van der Waals surface area contributed by atoms with Gasteiger partial charge in [0.05, 0.1) is 12.4 Å². The molecule has 1 fully saturated rings. The summed E-state index contributed by atoms with van der Waals surface area (Å²) in [6, 6.07) is -3.25. The van der Waals surface area contributed by atoms with Crippen molar-refractivity contribution in [2.75, 3.05) is 18.6 Å². The first-order chi connectivity index (χ1) is 15.7. The molecule has 2 heterocycles. The second-order valence-corrected chi connectivity index (χ2v) is 9.39. The van der Waals surface area contributed by atoms with Gasteiger partial charge in [-0.1, -0.05) is 13.8 Å². The van der Waals surface area contributed by atoms with Crippen molar-refractivity contribution in [1.82, 2.24) is 31.2 Å². The Kier molecular flexibility index (Phi) is 10.7. The number of nitrogens with one attached hydrogen (secondary N) is 5. The smallest absolute Gasteiger partial charge is 0.326 e. The molecule has 0 bridgehead atoms. The van der Waals surface area contributed by atoms with Gasteiger partial charge in [0.1, 0.15) is 18.1 Å². The van der Waals surface area contributed by atoms with Crippen LogP contribution >= 0.6 is 11.8 Å². The third-order valence-corrected chi connectivity index (χ3v) is 6.10. The third kappa shape index (κ3) is 8.35. The molecule has 4 unspecified atom stereocenters. The molecular formula is C21H34N6O5S. The minimum absolute atomic E-state index is 0.0311. The zero-order chi connectivity index (χ0) is 24.4. The van der Waals surface area contributed by atoms with Crippen molar-refractivity contribution in [3.8, 4) is 0 Å². The number of carboxylic acid groups (broad SMARTS) is 1. The van der Waals surface area contributed by atoms with Gasteiger partial charge in [0, 0.05) is 18.3 Å².